The molecule has 3 aliphatic rings. The van der Waals surface area contributed by atoms with E-state index in [-0.39, 0.29) is 10.8 Å². The lowest BCUT2D eigenvalue weighted by Crippen LogP contribution is -2.34. The van der Waals surface area contributed by atoms with Gasteiger partial charge in [-0.3, -0.25) is 0 Å². The lowest BCUT2D eigenvalue weighted by atomic mass is 9.60. The van der Waals surface area contributed by atoms with Gasteiger partial charge in [-0.15, -0.1) is 0 Å². The molecule has 0 nitrogen and oxygen atoms in total. The molecule has 0 aromatic heterocycles. The van der Waals surface area contributed by atoms with E-state index >= 15 is 0 Å². The zero-order valence-electron chi connectivity index (χ0n) is 58.9. The van der Waals surface area contributed by atoms with Gasteiger partial charge < -0.3 is 0 Å². The van der Waals surface area contributed by atoms with E-state index in [2.05, 4.69) is 268 Å². The zero-order valence-corrected chi connectivity index (χ0v) is 58.9. The lowest BCUT2D eigenvalue weighted by molar-refractivity contribution is 0.0581. The highest BCUT2D eigenvalue weighted by molar-refractivity contribution is 5.33. The van der Waals surface area contributed by atoms with Crippen LogP contribution >= 0.6 is 0 Å². The van der Waals surface area contributed by atoms with E-state index in [0.29, 0.717) is 10.8 Å². The summed E-state index contributed by atoms with van der Waals surface area (Å²) in [6.07, 6.45) is 31.2. The summed E-state index contributed by atoms with van der Waals surface area (Å²) in [5.41, 5.74) is 17.0. The normalized spacial score (nSPS) is 20.9. The Bertz CT molecular complexity index is 2290. The van der Waals surface area contributed by atoms with E-state index in [9.17, 15) is 0 Å². The van der Waals surface area contributed by atoms with Gasteiger partial charge in [-0.25, -0.2) is 0 Å². The molecule has 0 aliphatic heterocycles. The van der Waals surface area contributed by atoms with E-state index in [4.69, 9.17) is 0 Å². The molecular formula is C83H134. The summed E-state index contributed by atoms with van der Waals surface area (Å²) in [5.74, 6) is 5.16. The van der Waals surface area contributed by atoms with Crippen LogP contribution in [0.3, 0.4) is 0 Å². The quantitative estimate of drug-likeness (QED) is 0.109. The monoisotopic (exact) mass is 1130 g/mol. The number of hydrogen-bond acceptors (Lipinski definition) is 0. The molecule has 0 radical (unpaired) electrons. The van der Waals surface area contributed by atoms with Gasteiger partial charge in [0, 0.05) is 0 Å². The maximum absolute atomic E-state index is 2.46. The molecule has 2 unspecified atom stereocenters. The molecule has 0 bridgehead atoms. The van der Waals surface area contributed by atoms with Crippen LogP contribution in [-0.4, -0.2) is 0 Å². The lowest BCUT2D eigenvalue weighted by Gasteiger charge is -2.45. The minimum Gasteiger partial charge on any atom is -0.0654 e. The second kappa shape index (κ2) is 39.0. The van der Waals surface area contributed by atoms with E-state index < -0.39 is 0 Å². The summed E-state index contributed by atoms with van der Waals surface area (Å²) < 4.78 is 0. The molecule has 83 heavy (non-hydrogen) atoms. The second-order valence-corrected chi connectivity index (χ2v) is 30.2. The van der Waals surface area contributed by atoms with Gasteiger partial charge in [-0.05, 0) is 175 Å². The smallest absolute Gasteiger partial charge is 0.00258 e. The minimum absolute atomic E-state index is 0.251. The van der Waals surface area contributed by atoms with Crippen molar-refractivity contribution in [1.29, 1.82) is 0 Å². The summed E-state index contributed by atoms with van der Waals surface area (Å²) in [7, 11) is 0. The van der Waals surface area contributed by atoms with Crippen molar-refractivity contribution < 1.29 is 0 Å². The van der Waals surface area contributed by atoms with Crippen molar-refractivity contribution in [1.82, 2.24) is 0 Å². The molecule has 3 aliphatic carbocycles. The van der Waals surface area contributed by atoms with Gasteiger partial charge in [0.1, 0.15) is 0 Å². The van der Waals surface area contributed by atoms with Crippen molar-refractivity contribution in [3.63, 3.8) is 0 Å². The molecule has 5 aromatic carbocycles. The largest absolute Gasteiger partial charge is 0.0654 e. The first-order valence-corrected chi connectivity index (χ1v) is 34.4. The van der Waals surface area contributed by atoms with Crippen molar-refractivity contribution in [2.45, 2.75) is 304 Å². The molecule has 2 atom stereocenters. The molecule has 0 heterocycles. The molecule has 8 rings (SSSR count). The van der Waals surface area contributed by atoms with Gasteiger partial charge >= 0.3 is 0 Å². The number of aryl methyl sites for hydroxylation is 7. The van der Waals surface area contributed by atoms with Crippen LogP contribution in [0, 0.1) is 75.0 Å². The van der Waals surface area contributed by atoms with Crippen LogP contribution < -0.4 is 0 Å². The highest BCUT2D eigenvalue weighted by Gasteiger charge is 2.38. The van der Waals surface area contributed by atoms with Crippen LogP contribution in [0.5, 0.6) is 0 Å². The van der Waals surface area contributed by atoms with Crippen LogP contribution in [0.15, 0.2) is 115 Å². The molecule has 0 heteroatoms. The SMILES string of the molecule is CC(C)(C)c1cccc(C(C)(C)C)c1.CC1CCC(CC2CCC(C)CC2)CC1.CCC1(C)CC(C)CC(C)(C)C1.CCCCCCCC.CCc1ccccc1CC.Cc1ccc(C)c(C)c1.Cc1ccc(Cc2ccc(C)cc2)cc1. The van der Waals surface area contributed by atoms with Gasteiger partial charge in [0.2, 0.25) is 0 Å². The fourth-order valence-electron chi connectivity index (χ4n) is 13.1. The Balaban J connectivity index is 0.000000334. The van der Waals surface area contributed by atoms with E-state index in [0.717, 1.165) is 48.9 Å². The summed E-state index contributed by atoms with van der Waals surface area (Å²) in [6.45, 7) is 50.0. The van der Waals surface area contributed by atoms with E-state index in [1.807, 2.05) is 0 Å². The Morgan fingerprint density at radius 3 is 1.17 bits per heavy atom. The summed E-state index contributed by atoms with van der Waals surface area (Å²) >= 11 is 0. The van der Waals surface area contributed by atoms with Crippen molar-refractivity contribution in [3.05, 3.63) is 176 Å². The predicted molar refractivity (Wildman–Crippen MR) is 376 cm³/mol. The molecule has 0 saturated heterocycles. The van der Waals surface area contributed by atoms with Gasteiger partial charge in [0.15, 0.2) is 0 Å². The van der Waals surface area contributed by atoms with Gasteiger partial charge in [-0.2, -0.15) is 0 Å². The third-order valence-corrected chi connectivity index (χ3v) is 18.7. The van der Waals surface area contributed by atoms with E-state index in [1.165, 1.54) is 177 Å². The fourth-order valence-corrected chi connectivity index (χ4v) is 13.1. The van der Waals surface area contributed by atoms with Gasteiger partial charge in [0.05, 0.1) is 0 Å². The van der Waals surface area contributed by atoms with Gasteiger partial charge in [-0.1, -0.05) is 346 Å². The molecule has 3 saturated carbocycles. The maximum atomic E-state index is 2.46. The highest BCUT2D eigenvalue weighted by atomic mass is 14.4. The predicted octanol–water partition coefficient (Wildman–Crippen LogP) is 26.2. The van der Waals surface area contributed by atoms with Crippen molar-refractivity contribution in [2.75, 3.05) is 0 Å². The Kier molecular flexibility index (Phi) is 35.3. The summed E-state index contributed by atoms with van der Waals surface area (Å²) in [6, 6.07) is 41.6. The first-order valence-electron chi connectivity index (χ1n) is 34.4. The third-order valence-electron chi connectivity index (χ3n) is 18.7. The number of benzene rings is 5. The fraction of sp³-hybridized carbons (Fsp3) is 0.639. The van der Waals surface area contributed by atoms with Crippen molar-refractivity contribution in [3.8, 4) is 0 Å². The zero-order chi connectivity index (χ0) is 62.2. The molecule has 0 amide bonds. The summed E-state index contributed by atoms with van der Waals surface area (Å²) in [5, 5.41) is 0. The molecule has 5 aromatic rings. The second-order valence-electron chi connectivity index (χ2n) is 30.2. The molecule has 0 spiro atoms. The van der Waals surface area contributed by atoms with Crippen molar-refractivity contribution >= 4 is 0 Å². The molecule has 0 N–H and O–H groups in total. The molecule has 466 valence electrons. The highest BCUT2D eigenvalue weighted by Crippen LogP contribution is 2.50. The summed E-state index contributed by atoms with van der Waals surface area (Å²) in [4.78, 5) is 0. The first kappa shape index (κ1) is 75.2. The van der Waals surface area contributed by atoms with Crippen LogP contribution in [0.2, 0.25) is 0 Å². The minimum atomic E-state index is 0.251. The standard InChI is InChI=1S/C15H28.C15H16.C14H22.C12H24.C10H14.C9H12.C8H18/c2*1-12-3-7-14(8-4-12)11-15-9-5-13(2)6-10-15;1-13(2,3)11-8-7-9-12(10-11)14(4,5)6;1-6-12(5)8-10(2)7-11(3,4)9-12;1-3-9-7-5-6-8-10(9)4-2;1-7-4-5-8(2)9(3)6-7;1-3-5-7-8-6-4-2/h12-15H,3-11H2,1-2H3;3-10H,11H2,1-2H3;7-10H,1-6H3;10H,6-9H2,1-5H3;5-8H,3-4H2,1-2H3;4-6H,1-3H3;3-8H2,1-2H3. The van der Waals surface area contributed by atoms with E-state index in [1.54, 1.807) is 6.42 Å². The molecular weight excluding hydrogens is 997 g/mol. The number of rotatable bonds is 12. The van der Waals surface area contributed by atoms with Crippen LogP contribution in [-0.2, 0) is 30.1 Å². The van der Waals surface area contributed by atoms with Crippen molar-refractivity contribution in [2.24, 2.45) is 40.4 Å². The van der Waals surface area contributed by atoms with Crippen LogP contribution in [0.25, 0.3) is 0 Å². The Hall–Kier alpha value is -3.90. The van der Waals surface area contributed by atoms with Crippen LogP contribution in [0.1, 0.15) is 301 Å². The number of hydrogen-bond donors (Lipinski definition) is 0. The Morgan fingerprint density at radius 1 is 0.422 bits per heavy atom. The third kappa shape index (κ3) is 32.4. The Morgan fingerprint density at radius 2 is 0.831 bits per heavy atom. The Labute approximate surface area is 518 Å². The maximum Gasteiger partial charge on any atom is -0.00258 e. The van der Waals surface area contributed by atoms with Crippen LogP contribution in [0.4, 0.5) is 0 Å². The van der Waals surface area contributed by atoms with Gasteiger partial charge in [0.25, 0.3) is 0 Å². The molecule has 3 fully saturated rings. The average Bonchev–Trinajstić information content (AvgIpc) is 3.44. The number of unbranched alkanes of at least 4 members (excludes halogenated alkanes) is 5. The average molecular weight is 1130 g/mol. The topological polar surface area (TPSA) is 0 Å². The first-order chi connectivity index (χ1) is 39.0.